The topological polar surface area (TPSA) is 68.0 Å². The largest absolute Gasteiger partial charge is 0.398 e. The van der Waals surface area contributed by atoms with Gasteiger partial charge in [0.15, 0.2) is 0 Å². The molecule has 1 heterocycles. The number of carbonyl (C=O) groups is 1. The first-order chi connectivity index (χ1) is 8.16. The molecule has 4 nitrogen and oxygen atoms in total. The SMILES string of the molecule is Nc1cc(NC(=O)c2ccncc2)ccc1Br. The molecule has 1 aromatic carbocycles. The Morgan fingerprint density at radius 3 is 2.59 bits per heavy atom. The lowest BCUT2D eigenvalue weighted by Crippen LogP contribution is -2.11. The molecule has 86 valence electrons. The number of amides is 1. The van der Waals surface area contributed by atoms with Crippen LogP contribution in [0.15, 0.2) is 47.2 Å². The van der Waals surface area contributed by atoms with Crippen LogP contribution < -0.4 is 11.1 Å². The lowest BCUT2D eigenvalue weighted by Gasteiger charge is -2.06. The van der Waals surface area contributed by atoms with Crippen LogP contribution in [0.3, 0.4) is 0 Å². The number of pyridine rings is 1. The maximum absolute atomic E-state index is 11.8. The monoisotopic (exact) mass is 291 g/mol. The average Bonchev–Trinajstić information content (AvgIpc) is 2.35. The van der Waals surface area contributed by atoms with Crippen molar-refractivity contribution >= 4 is 33.2 Å². The van der Waals surface area contributed by atoms with Gasteiger partial charge in [-0.05, 0) is 46.3 Å². The molecule has 0 aliphatic carbocycles. The van der Waals surface area contributed by atoms with Gasteiger partial charge < -0.3 is 11.1 Å². The molecule has 0 saturated heterocycles. The number of rotatable bonds is 2. The molecule has 0 bridgehead atoms. The van der Waals surface area contributed by atoms with Crippen molar-refractivity contribution in [3.63, 3.8) is 0 Å². The van der Waals surface area contributed by atoms with Gasteiger partial charge in [0.2, 0.25) is 0 Å². The third-order valence-corrected chi connectivity index (χ3v) is 2.92. The van der Waals surface area contributed by atoms with E-state index in [9.17, 15) is 4.79 Å². The highest BCUT2D eigenvalue weighted by atomic mass is 79.9. The Morgan fingerprint density at radius 2 is 1.94 bits per heavy atom. The summed E-state index contributed by atoms with van der Waals surface area (Å²) in [6.45, 7) is 0. The maximum atomic E-state index is 11.8. The van der Waals surface area contributed by atoms with E-state index in [1.54, 1.807) is 42.7 Å². The second-order valence-corrected chi connectivity index (χ2v) is 4.28. The smallest absolute Gasteiger partial charge is 0.255 e. The molecule has 0 aliphatic heterocycles. The van der Waals surface area contributed by atoms with Gasteiger partial charge in [-0.3, -0.25) is 9.78 Å². The number of halogens is 1. The molecular weight excluding hydrogens is 282 g/mol. The first kappa shape index (κ1) is 11.6. The molecule has 0 atom stereocenters. The van der Waals surface area contributed by atoms with Crippen molar-refractivity contribution < 1.29 is 4.79 Å². The summed E-state index contributed by atoms with van der Waals surface area (Å²) in [5.41, 5.74) is 7.52. The molecule has 0 spiro atoms. The number of nitrogens with two attached hydrogens (primary N) is 1. The van der Waals surface area contributed by atoms with Gasteiger partial charge in [-0.25, -0.2) is 0 Å². The summed E-state index contributed by atoms with van der Waals surface area (Å²) in [5.74, 6) is -0.186. The zero-order valence-corrected chi connectivity index (χ0v) is 10.4. The van der Waals surface area contributed by atoms with Crippen molar-refractivity contribution in [3.8, 4) is 0 Å². The predicted octanol–water partition coefficient (Wildman–Crippen LogP) is 2.68. The van der Waals surface area contributed by atoms with Crippen LogP contribution in [0, 0.1) is 0 Å². The van der Waals surface area contributed by atoms with Crippen LogP contribution in [0.4, 0.5) is 11.4 Å². The van der Waals surface area contributed by atoms with Gasteiger partial charge in [0.25, 0.3) is 5.91 Å². The van der Waals surface area contributed by atoms with E-state index in [0.717, 1.165) is 4.47 Å². The van der Waals surface area contributed by atoms with Crippen molar-refractivity contribution in [1.82, 2.24) is 4.98 Å². The van der Waals surface area contributed by atoms with Crippen LogP contribution in [0.1, 0.15) is 10.4 Å². The lowest BCUT2D eigenvalue weighted by atomic mass is 10.2. The molecule has 0 fully saturated rings. The average molecular weight is 292 g/mol. The number of nitrogen functional groups attached to an aromatic ring is 1. The van der Waals surface area contributed by atoms with E-state index in [1.807, 2.05) is 0 Å². The van der Waals surface area contributed by atoms with Crippen molar-refractivity contribution in [2.75, 3.05) is 11.1 Å². The summed E-state index contributed by atoms with van der Waals surface area (Å²) in [5, 5.41) is 2.76. The fraction of sp³-hybridized carbons (Fsp3) is 0. The van der Waals surface area contributed by atoms with E-state index in [2.05, 4.69) is 26.2 Å². The first-order valence-electron chi connectivity index (χ1n) is 4.93. The number of benzene rings is 1. The fourth-order valence-corrected chi connectivity index (χ4v) is 1.57. The predicted molar refractivity (Wildman–Crippen MR) is 70.7 cm³/mol. The van der Waals surface area contributed by atoms with Crippen molar-refractivity contribution in [3.05, 3.63) is 52.8 Å². The number of nitrogens with zero attached hydrogens (tertiary/aromatic N) is 1. The molecule has 17 heavy (non-hydrogen) atoms. The van der Waals surface area contributed by atoms with Gasteiger partial charge in [-0.15, -0.1) is 0 Å². The first-order valence-corrected chi connectivity index (χ1v) is 5.72. The van der Waals surface area contributed by atoms with Gasteiger partial charge in [0.05, 0.1) is 0 Å². The van der Waals surface area contributed by atoms with Crippen LogP contribution >= 0.6 is 15.9 Å². The summed E-state index contributed by atoms with van der Waals surface area (Å²) in [6.07, 6.45) is 3.15. The normalized spacial score (nSPS) is 9.94. The molecule has 1 aromatic heterocycles. The Kier molecular flexibility index (Phi) is 3.39. The van der Waals surface area contributed by atoms with Crippen LogP contribution in [0.2, 0.25) is 0 Å². The standard InChI is InChI=1S/C12H10BrN3O/c13-10-2-1-9(7-11(10)14)16-12(17)8-3-5-15-6-4-8/h1-7H,14H2,(H,16,17). The van der Waals surface area contributed by atoms with E-state index in [-0.39, 0.29) is 5.91 Å². The second kappa shape index (κ2) is 4.97. The highest BCUT2D eigenvalue weighted by Crippen LogP contribution is 2.23. The molecule has 1 amide bonds. The van der Waals surface area contributed by atoms with E-state index < -0.39 is 0 Å². The van der Waals surface area contributed by atoms with E-state index in [1.165, 1.54) is 0 Å². The molecule has 0 unspecified atom stereocenters. The minimum absolute atomic E-state index is 0.186. The molecule has 2 aromatic rings. The fourth-order valence-electron chi connectivity index (χ4n) is 1.33. The number of carbonyl (C=O) groups excluding carboxylic acids is 1. The van der Waals surface area contributed by atoms with E-state index in [4.69, 9.17) is 5.73 Å². The van der Waals surface area contributed by atoms with Gasteiger partial charge in [-0.1, -0.05) is 0 Å². The van der Waals surface area contributed by atoms with Crippen molar-refractivity contribution in [2.24, 2.45) is 0 Å². The Hall–Kier alpha value is -1.88. The highest BCUT2D eigenvalue weighted by Gasteiger charge is 2.06. The Bertz CT molecular complexity index is 543. The maximum Gasteiger partial charge on any atom is 0.255 e. The minimum atomic E-state index is -0.186. The molecule has 0 saturated carbocycles. The van der Waals surface area contributed by atoms with Crippen LogP contribution in [0.5, 0.6) is 0 Å². The molecule has 3 N–H and O–H groups in total. The Balaban J connectivity index is 2.16. The molecule has 2 rings (SSSR count). The third-order valence-electron chi connectivity index (χ3n) is 2.20. The van der Waals surface area contributed by atoms with E-state index >= 15 is 0 Å². The van der Waals surface area contributed by atoms with Crippen molar-refractivity contribution in [1.29, 1.82) is 0 Å². The van der Waals surface area contributed by atoms with Crippen LogP contribution in [-0.2, 0) is 0 Å². The molecular formula is C12H10BrN3O. The number of aromatic nitrogens is 1. The summed E-state index contributed by atoms with van der Waals surface area (Å²) in [4.78, 5) is 15.7. The summed E-state index contributed by atoms with van der Waals surface area (Å²) < 4.78 is 0.805. The number of nitrogens with one attached hydrogen (secondary N) is 1. The molecule has 5 heteroatoms. The second-order valence-electron chi connectivity index (χ2n) is 3.43. The minimum Gasteiger partial charge on any atom is -0.398 e. The van der Waals surface area contributed by atoms with Gasteiger partial charge >= 0.3 is 0 Å². The number of hydrogen-bond donors (Lipinski definition) is 2. The van der Waals surface area contributed by atoms with Crippen LogP contribution in [-0.4, -0.2) is 10.9 Å². The van der Waals surface area contributed by atoms with Crippen molar-refractivity contribution in [2.45, 2.75) is 0 Å². The molecule has 0 aliphatic rings. The van der Waals surface area contributed by atoms with Crippen LogP contribution in [0.25, 0.3) is 0 Å². The zero-order chi connectivity index (χ0) is 12.3. The Labute approximate surface area is 107 Å². The van der Waals surface area contributed by atoms with Gasteiger partial charge in [-0.2, -0.15) is 0 Å². The van der Waals surface area contributed by atoms with Gasteiger partial charge in [0.1, 0.15) is 0 Å². The third kappa shape index (κ3) is 2.82. The summed E-state index contributed by atoms with van der Waals surface area (Å²) in [7, 11) is 0. The Morgan fingerprint density at radius 1 is 1.24 bits per heavy atom. The number of hydrogen-bond acceptors (Lipinski definition) is 3. The summed E-state index contributed by atoms with van der Waals surface area (Å²) >= 11 is 3.29. The van der Waals surface area contributed by atoms with Gasteiger partial charge in [0, 0.05) is 33.8 Å². The quantitative estimate of drug-likeness (QED) is 0.836. The number of anilines is 2. The molecule has 0 radical (unpaired) electrons. The highest BCUT2D eigenvalue weighted by molar-refractivity contribution is 9.10. The lowest BCUT2D eigenvalue weighted by molar-refractivity contribution is 0.102. The summed E-state index contributed by atoms with van der Waals surface area (Å²) in [6, 6.07) is 8.56. The van der Waals surface area contributed by atoms with E-state index in [0.29, 0.717) is 16.9 Å². The zero-order valence-electron chi connectivity index (χ0n) is 8.85.